The van der Waals surface area contributed by atoms with Gasteiger partial charge in [0.05, 0.1) is 5.57 Å². The SMILES string of the molecule is CC(=O)Nc1ccc(C2C(C(N)=O)=C(C)Nc3ncnn32)cc1. The molecule has 1 unspecified atom stereocenters. The van der Waals surface area contributed by atoms with Crippen molar-refractivity contribution in [3.8, 4) is 0 Å². The van der Waals surface area contributed by atoms with Crippen LogP contribution in [0.4, 0.5) is 11.6 Å². The second-order valence-electron chi connectivity index (χ2n) is 5.26. The molecule has 0 aliphatic carbocycles. The summed E-state index contributed by atoms with van der Waals surface area (Å²) in [5, 5.41) is 9.91. The van der Waals surface area contributed by atoms with E-state index in [2.05, 4.69) is 20.7 Å². The summed E-state index contributed by atoms with van der Waals surface area (Å²) in [7, 11) is 0. The van der Waals surface area contributed by atoms with Crippen molar-refractivity contribution in [2.24, 2.45) is 5.73 Å². The second-order valence-corrected chi connectivity index (χ2v) is 5.26. The van der Waals surface area contributed by atoms with Crippen LogP contribution >= 0.6 is 0 Å². The van der Waals surface area contributed by atoms with Crippen LogP contribution in [0.1, 0.15) is 25.5 Å². The summed E-state index contributed by atoms with van der Waals surface area (Å²) in [5.41, 5.74) is 8.12. The molecular weight excluding hydrogens is 296 g/mol. The number of nitrogens with zero attached hydrogens (tertiary/aromatic N) is 3. The van der Waals surface area contributed by atoms with Crippen molar-refractivity contribution in [2.45, 2.75) is 19.9 Å². The Balaban J connectivity index is 2.05. The first-order chi connectivity index (χ1) is 11.0. The Morgan fingerprint density at radius 3 is 2.61 bits per heavy atom. The number of carbonyl (C=O) groups excluding carboxylic acids is 2. The van der Waals surface area contributed by atoms with Crippen LogP contribution in [0.3, 0.4) is 0 Å². The van der Waals surface area contributed by atoms with Crippen molar-refractivity contribution in [3.63, 3.8) is 0 Å². The van der Waals surface area contributed by atoms with Gasteiger partial charge >= 0.3 is 0 Å². The number of aromatic nitrogens is 3. The van der Waals surface area contributed by atoms with Crippen molar-refractivity contribution in [1.82, 2.24) is 14.8 Å². The standard InChI is InChI=1S/C15H16N6O2/c1-8-12(14(16)23)13(21-15(19-8)17-7-18-21)10-3-5-11(6-4-10)20-9(2)22/h3-7,13H,1-2H3,(H2,16,23)(H,20,22)(H,17,18,19). The van der Waals surface area contributed by atoms with Gasteiger partial charge in [-0.05, 0) is 24.6 Å². The molecule has 0 saturated carbocycles. The van der Waals surface area contributed by atoms with Gasteiger partial charge in [0.1, 0.15) is 12.4 Å². The van der Waals surface area contributed by atoms with Gasteiger partial charge in [0.25, 0.3) is 0 Å². The first-order valence-corrected chi connectivity index (χ1v) is 7.02. The number of hydrogen-bond donors (Lipinski definition) is 3. The molecule has 4 N–H and O–H groups in total. The maximum atomic E-state index is 11.9. The van der Waals surface area contributed by atoms with E-state index in [4.69, 9.17) is 5.73 Å². The van der Waals surface area contributed by atoms with E-state index in [-0.39, 0.29) is 5.91 Å². The zero-order valence-corrected chi connectivity index (χ0v) is 12.7. The lowest BCUT2D eigenvalue weighted by atomic mass is 9.95. The van der Waals surface area contributed by atoms with Crippen molar-refractivity contribution < 1.29 is 9.59 Å². The number of rotatable bonds is 3. The third-order valence-electron chi connectivity index (χ3n) is 3.61. The van der Waals surface area contributed by atoms with Crippen LogP contribution < -0.4 is 16.4 Å². The molecule has 1 atom stereocenters. The molecule has 0 bridgehead atoms. The number of fused-ring (bicyclic) bond motifs is 1. The fourth-order valence-electron chi connectivity index (χ4n) is 2.67. The van der Waals surface area contributed by atoms with E-state index in [0.717, 1.165) is 5.56 Å². The fourth-order valence-corrected chi connectivity index (χ4v) is 2.67. The van der Waals surface area contributed by atoms with Crippen molar-refractivity contribution in [3.05, 3.63) is 47.4 Å². The minimum Gasteiger partial charge on any atom is -0.366 e. The molecule has 2 aromatic rings. The van der Waals surface area contributed by atoms with E-state index in [1.54, 1.807) is 23.7 Å². The number of amides is 2. The third kappa shape index (κ3) is 2.66. The molecule has 1 aliphatic heterocycles. The molecular formula is C15H16N6O2. The molecule has 1 aromatic carbocycles. The molecule has 1 aliphatic rings. The van der Waals surface area contributed by atoms with E-state index < -0.39 is 11.9 Å². The fraction of sp³-hybridized carbons (Fsp3) is 0.200. The van der Waals surface area contributed by atoms with E-state index in [9.17, 15) is 9.59 Å². The van der Waals surface area contributed by atoms with E-state index in [1.807, 2.05) is 12.1 Å². The summed E-state index contributed by atoms with van der Waals surface area (Å²) >= 11 is 0. The summed E-state index contributed by atoms with van der Waals surface area (Å²) in [6, 6.07) is 6.72. The Labute approximate surface area is 132 Å². The van der Waals surface area contributed by atoms with Crippen molar-refractivity contribution >= 4 is 23.5 Å². The molecule has 1 aromatic heterocycles. The summed E-state index contributed by atoms with van der Waals surface area (Å²) in [6.07, 6.45) is 1.41. The Hall–Kier alpha value is -3.16. The lowest BCUT2D eigenvalue weighted by Gasteiger charge is -2.27. The van der Waals surface area contributed by atoms with Crippen LogP contribution in [0.25, 0.3) is 0 Å². The predicted molar refractivity (Wildman–Crippen MR) is 84.4 cm³/mol. The van der Waals surface area contributed by atoms with Gasteiger partial charge < -0.3 is 16.4 Å². The average molecular weight is 312 g/mol. The van der Waals surface area contributed by atoms with Crippen molar-refractivity contribution in [1.29, 1.82) is 0 Å². The smallest absolute Gasteiger partial charge is 0.248 e. The van der Waals surface area contributed by atoms with Gasteiger partial charge in [0.2, 0.25) is 17.8 Å². The van der Waals surface area contributed by atoms with Crippen LogP contribution in [0, 0.1) is 0 Å². The molecule has 2 amide bonds. The molecule has 118 valence electrons. The van der Waals surface area contributed by atoms with Crippen molar-refractivity contribution in [2.75, 3.05) is 10.6 Å². The topological polar surface area (TPSA) is 115 Å². The van der Waals surface area contributed by atoms with Gasteiger partial charge in [-0.15, -0.1) is 0 Å². The highest BCUT2D eigenvalue weighted by Gasteiger charge is 2.32. The average Bonchev–Trinajstić information content (AvgIpc) is 2.93. The number of nitrogens with two attached hydrogens (primary N) is 1. The molecule has 23 heavy (non-hydrogen) atoms. The molecule has 3 rings (SSSR count). The van der Waals surface area contributed by atoms with Gasteiger partial charge in [-0.3, -0.25) is 9.59 Å². The number of benzene rings is 1. The van der Waals surface area contributed by atoms with Crippen LogP contribution in [0.5, 0.6) is 0 Å². The van der Waals surface area contributed by atoms with Gasteiger partial charge in [-0.25, -0.2) is 4.68 Å². The van der Waals surface area contributed by atoms with Crippen LogP contribution in [-0.4, -0.2) is 26.6 Å². The molecule has 0 saturated heterocycles. The summed E-state index contributed by atoms with van der Waals surface area (Å²) < 4.78 is 1.61. The highest BCUT2D eigenvalue weighted by atomic mass is 16.1. The molecule has 0 fully saturated rings. The zero-order chi connectivity index (χ0) is 16.6. The van der Waals surface area contributed by atoms with Gasteiger partial charge in [-0.2, -0.15) is 10.1 Å². The van der Waals surface area contributed by atoms with Gasteiger partial charge in [0.15, 0.2) is 0 Å². The number of primary amides is 1. The number of allylic oxidation sites excluding steroid dienone is 1. The molecule has 2 heterocycles. The Kier molecular flexibility index (Phi) is 3.57. The minimum absolute atomic E-state index is 0.147. The van der Waals surface area contributed by atoms with E-state index in [1.165, 1.54) is 13.3 Å². The van der Waals surface area contributed by atoms with Crippen LogP contribution in [0.2, 0.25) is 0 Å². The number of carbonyl (C=O) groups is 2. The highest BCUT2D eigenvalue weighted by molar-refractivity contribution is 5.95. The first-order valence-electron chi connectivity index (χ1n) is 7.02. The predicted octanol–water partition coefficient (Wildman–Crippen LogP) is 1.01. The zero-order valence-electron chi connectivity index (χ0n) is 12.7. The largest absolute Gasteiger partial charge is 0.366 e. The first kappa shape index (κ1) is 14.8. The maximum Gasteiger partial charge on any atom is 0.248 e. The number of hydrogen-bond acceptors (Lipinski definition) is 5. The molecule has 0 spiro atoms. The minimum atomic E-state index is -0.521. The van der Waals surface area contributed by atoms with Crippen LogP contribution in [-0.2, 0) is 9.59 Å². The highest BCUT2D eigenvalue weighted by Crippen LogP contribution is 2.34. The lowest BCUT2D eigenvalue weighted by Crippen LogP contribution is -2.31. The van der Waals surface area contributed by atoms with E-state index >= 15 is 0 Å². The van der Waals surface area contributed by atoms with Gasteiger partial charge in [-0.1, -0.05) is 12.1 Å². The maximum absolute atomic E-state index is 11.9. The Morgan fingerprint density at radius 2 is 2.00 bits per heavy atom. The second kappa shape index (κ2) is 5.56. The normalized spacial score (nSPS) is 16.5. The molecule has 0 radical (unpaired) electrons. The van der Waals surface area contributed by atoms with E-state index in [0.29, 0.717) is 22.9 Å². The molecule has 8 heteroatoms. The Morgan fingerprint density at radius 1 is 1.30 bits per heavy atom. The lowest BCUT2D eigenvalue weighted by molar-refractivity contribution is -0.115. The number of anilines is 2. The summed E-state index contributed by atoms with van der Waals surface area (Å²) in [6.45, 7) is 3.22. The monoisotopic (exact) mass is 312 g/mol. The Bertz CT molecular complexity index is 806. The van der Waals surface area contributed by atoms with Crippen LogP contribution in [0.15, 0.2) is 41.9 Å². The summed E-state index contributed by atoms with van der Waals surface area (Å²) in [5.74, 6) is -0.123. The summed E-state index contributed by atoms with van der Waals surface area (Å²) in [4.78, 5) is 27.1. The van der Waals surface area contributed by atoms with Gasteiger partial charge in [0, 0.05) is 18.3 Å². The number of nitrogens with one attached hydrogen (secondary N) is 2. The molecule has 8 nitrogen and oxygen atoms in total. The third-order valence-corrected chi connectivity index (χ3v) is 3.61. The quantitative estimate of drug-likeness (QED) is 0.782.